The molecule has 48 heavy (non-hydrogen) atoms. The van der Waals surface area contributed by atoms with E-state index in [1.807, 2.05) is 38.4 Å². The van der Waals surface area contributed by atoms with Crippen molar-refractivity contribution in [3.8, 4) is 11.4 Å². The van der Waals surface area contributed by atoms with E-state index in [-0.39, 0.29) is 0 Å². The number of nitrogens with zero attached hydrogens (tertiary/aromatic N) is 4. The van der Waals surface area contributed by atoms with Gasteiger partial charge in [-0.3, -0.25) is 9.97 Å². The molecule has 0 atom stereocenters. The number of rotatable bonds is 7. The first-order valence-corrected chi connectivity index (χ1v) is 17.0. The summed E-state index contributed by atoms with van der Waals surface area (Å²) in [5.74, 6) is 0. The molecule has 0 saturated heterocycles. The zero-order valence-corrected chi connectivity index (χ0v) is 28.1. The van der Waals surface area contributed by atoms with Crippen LogP contribution in [0.4, 0.5) is 0 Å². The summed E-state index contributed by atoms with van der Waals surface area (Å²) < 4.78 is 4.77. The van der Waals surface area contributed by atoms with E-state index in [2.05, 4.69) is 154 Å². The molecule has 0 amide bonds. The normalized spacial score (nSPS) is 11.8. The lowest BCUT2D eigenvalue weighted by atomic mass is 10.1. The Hall–Kier alpha value is -5.74. The first kappa shape index (κ1) is 30.9. The van der Waals surface area contributed by atoms with Crippen molar-refractivity contribution in [2.75, 3.05) is 0 Å². The molecule has 0 aliphatic carbocycles. The minimum Gasteiger partial charge on any atom is -0.341 e. The maximum atomic E-state index is 4.66. The number of benzene rings is 4. The van der Waals surface area contributed by atoms with Gasteiger partial charge < -0.3 is 9.13 Å². The lowest BCUT2D eigenvalue weighted by Crippen LogP contribution is -1.92. The molecule has 8 rings (SSSR count). The van der Waals surface area contributed by atoms with E-state index >= 15 is 0 Å². The Morgan fingerprint density at radius 1 is 0.438 bits per heavy atom. The fourth-order valence-corrected chi connectivity index (χ4v) is 6.80. The van der Waals surface area contributed by atoms with E-state index < -0.39 is 0 Å². The number of aromatic nitrogens is 4. The van der Waals surface area contributed by atoms with Crippen LogP contribution in [0, 0.1) is 0 Å². The van der Waals surface area contributed by atoms with E-state index in [1.165, 1.54) is 54.7 Å². The molecule has 0 radical (unpaired) electrons. The van der Waals surface area contributed by atoms with E-state index in [4.69, 9.17) is 0 Å². The fourth-order valence-electron chi connectivity index (χ4n) is 6.80. The zero-order valence-electron chi connectivity index (χ0n) is 28.1. The van der Waals surface area contributed by atoms with Crippen molar-refractivity contribution < 1.29 is 0 Å². The van der Waals surface area contributed by atoms with Crippen molar-refractivity contribution >= 4 is 67.9 Å². The molecule has 0 bridgehead atoms. The minimum absolute atomic E-state index is 0.854. The van der Waals surface area contributed by atoms with Gasteiger partial charge in [-0.15, -0.1) is 0 Å². The molecule has 4 heterocycles. The SMILES string of the molecule is CC.CCn1c2ccccc2c2cc(/C=C/c3ccnc(-c4cc(/C=C/c5ccc6c(c5)c5ccccc5n6CC)ccn4)c3)ccc21. The second-order valence-electron chi connectivity index (χ2n) is 11.7. The van der Waals surface area contributed by atoms with Gasteiger partial charge in [0.15, 0.2) is 0 Å². The van der Waals surface area contributed by atoms with Crippen molar-refractivity contribution in [3.05, 3.63) is 144 Å². The van der Waals surface area contributed by atoms with Crippen LogP contribution in [0.1, 0.15) is 49.9 Å². The molecule has 4 aromatic carbocycles. The highest BCUT2D eigenvalue weighted by Crippen LogP contribution is 2.32. The molecular formula is C44H40N4. The van der Waals surface area contributed by atoms with Crippen molar-refractivity contribution in [1.29, 1.82) is 0 Å². The van der Waals surface area contributed by atoms with Gasteiger partial charge in [0.25, 0.3) is 0 Å². The van der Waals surface area contributed by atoms with Crippen molar-refractivity contribution in [2.24, 2.45) is 0 Å². The van der Waals surface area contributed by atoms with Gasteiger partial charge in [0.2, 0.25) is 0 Å². The van der Waals surface area contributed by atoms with Crippen LogP contribution < -0.4 is 0 Å². The molecule has 4 heteroatoms. The highest BCUT2D eigenvalue weighted by atomic mass is 15.0. The topological polar surface area (TPSA) is 35.6 Å². The number of fused-ring (bicyclic) bond motifs is 6. The van der Waals surface area contributed by atoms with Gasteiger partial charge in [0, 0.05) is 69.1 Å². The van der Waals surface area contributed by atoms with Crippen LogP contribution in [0.3, 0.4) is 0 Å². The van der Waals surface area contributed by atoms with E-state index in [0.717, 1.165) is 35.6 Å². The monoisotopic (exact) mass is 624 g/mol. The van der Waals surface area contributed by atoms with Gasteiger partial charge in [0.05, 0.1) is 11.4 Å². The van der Waals surface area contributed by atoms with Gasteiger partial charge in [-0.25, -0.2) is 0 Å². The summed E-state index contributed by atoms with van der Waals surface area (Å²) in [7, 11) is 0. The molecule has 8 aromatic rings. The summed E-state index contributed by atoms with van der Waals surface area (Å²) in [4.78, 5) is 9.32. The third kappa shape index (κ3) is 5.71. The summed E-state index contributed by atoms with van der Waals surface area (Å²) in [5.41, 5.74) is 11.3. The van der Waals surface area contributed by atoms with Crippen molar-refractivity contribution in [1.82, 2.24) is 19.1 Å². The molecule has 4 nitrogen and oxygen atoms in total. The lowest BCUT2D eigenvalue weighted by Gasteiger charge is -2.04. The van der Waals surface area contributed by atoms with Crippen LogP contribution in [-0.4, -0.2) is 19.1 Å². The van der Waals surface area contributed by atoms with Crippen LogP contribution in [0.2, 0.25) is 0 Å². The van der Waals surface area contributed by atoms with Crippen LogP contribution in [0.5, 0.6) is 0 Å². The molecule has 4 aromatic heterocycles. The van der Waals surface area contributed by atoms with Crippen LogP contribution in [0.25, 0.3) is 79.3 Å². The van der Waals surface area contributed by atoms with Gasteiger partial charge in [-0.05, 0) is 96.8 Å². The molecule has 0 fully saturated rings. The summed E-state index contributed by atoms with van der Waals surface area (Å²) in [6.45, 7) is 10.3. The molecular weight excluding hydrogens is 585 g/mol. The third-order valence-electron chi connectivity index (χ3n) is 8.99. The average Bonchev–Trinajstić information content (AvgIpc) is 3.65. The number of aryl methyl sites for hydroxylation is 2. The number of pyridine rings is 2. The van der Waals surface area contributed by atoms with E-state index in [0.29, 0.717) is 0 Å². The first-order chi connectivity index (χ1) is 23.7. The molecule has 236 valence electrons. The first-order valence-electron chi connectivity index (χ1n) is 17.0. The largest absolute Gasteiger partial charge is 0.341 e. The Bertz CT molecular complexity index is 2280. The third-order valence-corrected chi connectivity index (χ3v) is 8.99. The predicted octanol–water partition coefficient (Wildman–Crippen LogP) is 11.8. The van der Waals surface area contributed by atoms with Gasteiger partial charge in [0.1, 0.15) is 0 Å². The van der Waals surface area contributed by atoms with E-state index in [1.54, 1.807) is 0 Å². The lowest BCUT2D eigenvalue weighted by molar-refractivity contribution is 0.827. The summed E-state index contributed by atoms with van der Waals surface area (Å²) in [6, 6.07) is 39.0. The highest BCUT2D eigenvalue weighted by molar-refractivity contribution is 6.09. The quantitative estimate of drug-likeness (QED) is 0.177. The maximum absolute atomic E-state index is 4.66. The average molecular weight is 625 g/mol. The number of hydrogen-bond acceptors (Lipinski definition) is 2. The Balaban J connectivity index is 0.00000179. The van der Waals surface area contributed by atoms with Crippen molar-refractivity contribution in [2.45, 2.75) is 40.8 Å². The maximum Gasteiger partial charge on any atom is 0.0892 e. The summed E-state index contributed by atoms with van der Waals surface area (Å²) in [5, 5.41) is 5.17. The zero-order chi connectivity index (χ0) is 33.0. The highest BCUT2D eigenvalue weighted by Gasteiger charge is 2.10. The van der Waals surface area contributed by atoms with Crippen LogP contribution in [0.15, 0.2) is 122 Å². The molecule has 0 unspecified atom stereocenters. The Morgan fingerprint density at radius 2 is 0.812 bits per heavy atom. The minimum atomic E-state index is 0.854. The van der Waals surface area contributed by atoms with Gasteiger partial charge in [-0.1, -0.05) is 86.7 Å². The molecule has 0 spiro atoms. The molecule has 0 N–H and O–H groups in total. The van der Waals surface area contributed by atoms with Gasteiger partial charge >= 0.3 is 0 Å². The van der Waals surface area contributed by atoms with Crippen LogP contribution >= 0.6 is 0 Å². The second kappa shape index (κ2) is 13.5. The second-order valence-corrected chi connectivity index (χ2v) is 11.7. The van der Waals surface area contributed by atoms with E-state index in [9.17, 15) is 0 Å². The Labute approximate surface area is 282 Å². The Kier molecular flexibility index (Phi) is 8.72. The molecule has 0 aliphatic heterocycles. The number of hydrogen-bond donors (Lipinski definition) is 0. The Morgan fingerprint density at radius 3 is 1.23 bits per heavy atom. The summed E-state index contributed by atoms with van der Waals surface area (Å²) >= 11 is 0. The molecule has 0 aliphatic rings. The smallest absolute Gasteiger partial charge is 0.0892 e. The standard InChI is InChI=1S/C42H34N4.C2H6/c1-3-45-39-11-7-5-9-33(39)35-25-29(17-19-41(35)45)13-15-31-21-23-43-37(27-31)38-28-32(22-24-44-38)16-14-30-18-20-42-36(26-30)34-10-6-8-12-40(34)46(42)4-2;1-2/h5-28H,3-4H2,1-2H3;1-2H3/b15-13+,16-14+;. The van der Waals surface area contributed by atoms with Crippen molar-refractivity contribution in [3.63, 3.8) is 0 Å². The summed E-state index contributed by atoms with van der Waals surface area (Å²) in [6.07, 6.45) is 12.4. The van der Waals surface area contributed by atoms with Gasteiger partial charge in [-0.2, -0.15) is 0 Å². The molecule has 0 saturated carbocycles. The fraction of sp³-hybridized carbons (Fsp3) is 0.136. The predicted molar refractivity (Wildman–Crippen MR) is 207 cm³/mol. The van der Waals surface area contributed by atoms with Crippen LogP contribution in [-0.2, 0) is 13.1 Å². The number of para-hydroxylation sites is 2.